The molecule has 1 aromatic rings. The third kappa shape index (κ3) is 2.38. The minimum Gasteiger partial charge on any atom is -0.346 e. The van der Waals surface area contributed by atoms with Crippen molar-refractivity contribution in [1.29, 1.82) is 0 Å². The number of amides is 1. The van der Waals surface area contributed by atoms with Crippen molar-refractivity contribution in [3.63, 3.8) is 0 Å². The van der Waals surface area contributed by atoms with Gasteiger partial charge in [0, 0.05) is 11.6 Å². The minimum absolute atomic E-state index is 0.0780. The second kappa shape index (κ2) is 4.05. The summed E-state index contributed by atoms with van der Waals surface area (Å²) in [7, 11) is 0. The van der Waals surface area contributed by atoms with Crippen molar-refractivity contribution in [2.75, 3.05) is 0 Å². The van der Waals surface area contributed by atoms with Crippen LogP contribution in [0, 0.1) is 0 Å². The normalized spacial score (nSPS) is 16.7. The van der Waals surface area contributed by atoms with E-state index in [2.05, 4.69) is 15.5 Å². The van der Waals surface area contributed by atoms with Gasteiger partial charge in [0.15, 0.2) is 0 Å². The van der Waals surface area contributed by atoms with Gasteiger partial charge in [-0.3, -0.25) is 4.79 Å². The molecule has 0 aromatic carbocycles. The van der Waals surface area contributed by atoms with Gasteiger partial charge in [-0.25, -0.2) is 0 Å². The minimum atomic E-state index is -0.524. The van der Waals surface area contributed by atoms with Crippen LogP contribution in [0.2, 0.25) is 0 Å². The summed E-state index contributed by atoms with van der Waals surface area (Å²) in [6.07, 6.45) is 2.05. The maximum absolute atomic E-state index is 11.8. The summed E-state index contributed by atoms with van der Waals surface area (Å²) in [6.45, 7) is 7.62. The number of rotatable bonds is 4. The van der Waals surface area contributed by atoms with Crippen molar-refractivity contribution in [3.05, 3.63) is 11.7 Å². The number of carbonyl (C=O) groups excluding carboxylic acids is 1. The topological polar surface area (TPSA) is 94.0 Å². The Bertz CT molecular complexity index is 455. The lowest BCUT2D eigenvalue weighted by Crippen LogP contribution is -2.50. The van der Waals surface area contributed by atoms with Gasteiger partial charge in [0.2, 0.25) is 5.89 Å². The molecule has 1 amide bonds. The van der Waals surface area contributed by atoms with E-state index in [0.717, 1.165) is 12.8 Å². The molecule has 1 fully saturated rings. The summed E-state index contributed by atoms with van der Waals surface area (Å²) in [5.74, 6) is 0.184. The molecular weight excluding hydrogens is 232 g/mol. The van der Waals surface area contributed by atoms with E-state index in [-0.39, 0.29) is 17.8 Å². The molecule has 3 N–H and O–H groups in total. The number of carbonyl (C=O) groups is 1. The van der Waals surface area contributed by atoms with Crippen molar-refractivity contribution in [1.82, 2.24) is 15.5 Å². The maximum atomic E-state index is 11.8. The summed E-state index contributed by atoms with van der Waals surface area (Å²) in [5.41, 5.74) is 5.07. The third-order valence-corrected chi connectivity index (χ3v) is 3.69. The van der Waals surface area contributed by atoms with Crippen LogP contribution >= 0.6 is 0 Å². The second-order valence-electron chi connectivity index (χ2n) is 6.02. The summed E-state index contributed by atoms with van der Waals surface area (Å²) >= 11 is 0. The van der Waals surface area contributed by atoms with E-state index < -0.39 is 11.0 Å². The number of nitrogens with zero attached hydrogens (tertiary/aromatic N) is 2. The molecule has 6 nitrogen and oxygen atoms in total. The summed E-state index contributed by atoms with van der Waals surface area (Å²) in [4.78, 5) is 15.9. The van der Waals surface area contributed by atoms with Gasteiger partial charge in [0.25, 0.3) is 11.7 Å². The number of hydrogen-bond donors (Lipinski definition) is 2. The van der Waals surface area contributed by atoms with Crippen LogP contribution in [-0.4, -0.2) is 27.6 Å². The molecule has 1 saturated carbocycles. The molecule has 0 bridgehead atoms. The first-order valence-corrected chi connectivity index (χ1v) is 6.16. The van der Waals surface area contributed by atoms with Crippen LogP contribution in [0.15, 0.2) is 4.52 Å². The zero-order valence-corrected chi connectivity index (χ0v) is 11.3. The molecule has 6 heteroatoms. The average molecular weight is 252 g/mol. The van der Waals surface area contributed by atoms with Crippen molar-refractivity contribution in [2.45, 2.75) is 57.5 Å². The standard InChI is InChI=1S/C12H20N4O2/c1-11(2,12(3,4)13)10-15-8(16-18-10)9(17)14-7-5-6-7/h7H,5-6,13H2,1-4H3,(H,14,17). The molecule has 0 saturated heterocycles. The molecule has 1 aliphatic carbocycles. The Balaban J connectivity index is 2.16. The van der Waals surface area contributed by atoms with Crippen molar-refractivity contribution in [2.24, 2.45) is 5.73 Å². The molecule has 100 valence electrons. The van der Waals surface area contributed by atoms with Crippen molar-refractivity contribution < 1.29 is 9.32 Å². The average Bonchev–Trinajstić information content (AvgIpc) is 2.91. The Hall–Kier alpha value is -1.43. The molecule has 1 aromatic heterocycles. The van der Waals surface area contributed by atoms with E-state index in [0.29, 0.717) is 5.89 Å². The second-order valence-corrected chi connectivity index (χ2v) is 6.02. The predicted molar refractivity (Wildman–Crippen MR) is 66.1 cm³/mol. The lowest BCUT2D eigenvalue weighted by molar-refractivity contribution is 0.0937. The molecule has 0 unspecified atom stereocenters. The largest absolute Gasteiger partial charge is 0.346 e. The number of hydrogen-bond acceptors (Lipinski definition) is 5. The van der Waals surface area contributed by atoms with Gasteiger partial charge < -0.3 is 15.6 Å². The zero-order valence-electron chi connectivity index (χ0n) is 11.3. The van der Waals surface area contributed by atoms with E-state index in [9.17, 15) is 4.79 Å². The highest BCUT2D eigenvalue weighted by Crippen LogP contribution is 2.31. The molecule has 0 atom stereocenters. The van der Waals surface area contributed by atoms with Crippen molar-refractivity contribution >= 4 is 5.91 Å². The lowest BCUT2D eigenvalue weighted by atomic mass is 9.75. The van der Waals surface area contributed by atoms with Gasteiger partial charge in [0.05, 0.1) is 5.41 Å². The SMILES string of the molecule is CC(C)(N)C(C)(C)c1nc(C(=O)NC2CC2)no1. The quantitative estimate of drug-likeness (QED) is 0.833. The van der Waals surface area contributed by atoms with Gasteiger partial charge in [0.1, 0.15) is 0 Å². The smallest absolute Gasteiger partial charge is 0.292 e. The van der Waals surface area contributed by atoms with Gasteiger partial charge >= 0.3 is 0 Å². The van der Waals surface area contributed by atoms with Crippen LogP contribution in [0.4, 0.5) is 0 Å². The highest BCUT2D eigenvalue weighted by Gasteiger charge is 2.40. The van der Waals surface area contributed by atoms with Crippen LogP contribution in [0.1, 0.15) is 57.0 Å². The third-order valence-electron chi connectivity index (χ3n) is 3.69. The summed E-state index contributed by atoms with van der Waals surface area (Å²) in [6, 6.07) is 0.276. The maximum Gasteiger partial charge on any atom is 0.292 e. The number of aromatic nitrogens is 2. The van der Waals surface area contributed by atoms with Gasteiger partial charge in [-0.2, -0.15) is 4.98 Å². The Morgan fingerprint density at radius 2 is 2.00 bits per heavy atom. The fourth-order valence-electron chi connectivity index (χ4n) is 1.32. The first-order chi connectivity index (χ1) is 8.22. The van der Waals surface area contributed by atoms with Crippen LogP contribution in [0.5, 0.6) is 0 Å². The van der Waals surface area contributed by atoms with Crippen LogP contribution < -0.4 is 11.1 Å². The van der Waals surface area contributed by atoms with E-state index in [1.165, 1.54) is 0 Å². The summed E-state index contributed by atoms with van der Waals surface area (Å²) < 4.78 is 5.18. The molecule has 1 heterocycles. The summed E-state index contributed by atoms with van der Waals surface area (Å²) in [5, 5.41) is 6.54. The molecule has 0 radical (unpaired) electrons. The first kappa shape index (κ1) is 13.0. The molecule has 2 rings (SSSR count). The van der Waals surface area contributed by atoms with E-state index in [4.69, 9.17) is 10.3 Å². The Labute approximate surface area is 106 Å². The predicted octanol–water partition coefficient (Wildman–Crippen LogP) is 0.977. The number of nitrogens with two attached hydrogens (primary N) is 1. The van der Waals surface area contributed by atoms with Crippen LogP contribution in [0.25, 0.3) is 0 Å². The van der Waals surface area contributed by atoms with E-state index in [1.54, 1.807) is 0 Å². The Morgan fingerprint density at radius 3 is 2.50 bits per heavy atom. The highest BCUT2D eigenvalue weighted by molar-refractivity contribution is 5.90. The van der Waals surface area contributed by atoms with E-state index >= 15 is 0 Å². The monoisotopic (exact) mass is 252 g/mol. The van der Waals surface area contributed by atoms with Gasteiger partial charge in [-0.15, -0.1) is 0 Å². The Morgan fingerprint density at radius 1 is 1.39 bits per heavy atom. The fourth-order valence-corrected chi connectivity index (χ4v) is 1.32. The lowest BCUT2D eigenvalue weighted by Gasteiger charge is -2.34. The van der Waals surface area contributed by atoms with Crippen LogP contribution in [0.3, 0.4) is 0 Å². The molecule has 0 spiro atoms. The number of nitrogens with one attached hydrogen (secondary N) is 1. The molecule has 0 aliphatic heterocycles. The van der Waals surface area contributed by atoms with Gasteiger partial charge in [-0.05, 0) is 40.5 Å². The highest BCUT2D eigenvalue weighted by atomic mass is 16.5. The molecular formula is C12H20N4O2. The van der Waals surface area contributed by atoms with Crippen LogP contribution in [-0.2, 0) is 5.41 Å². The first-order valence-electron chi connectivity index (χ1n) is 6.16. The molecule has 18 heavy (non-hydrogen) atoms. The fraction of sp³-hybridized carbons (Fsp3) is 0.750. The van der Waals surface area contributed by atoms with Crippen molar-refractivity contribution in [3.8, 4) is 0 Å². The zero-order chi connectivity index (χ0) is 13.6. The molecule has 1 aliphatic rings. The Kier molecular flexibility index (Phi) is 2.93. The van der Waals surface area contributed by atoms with Gasteiger partial charge in [-0.1, -0.05) is 5.16 Å². The van der Waals surface area contributed by atoms with E-state index in [1.807, 2.05) is 27.7 Å².